The molecule has 1 unspecified atom stereocenters. The summed E-state index contributed by atoms with van der Waals surface area (Å²) < 4.78 is 0. The van der Waals surface area contributed by atoms with E-state index in [0.29, 0.717) is 0 Å². The van der Waals surface area contributed by atoms with Crippen LogP contribution in [0.5, 0.6) is 0 Å². The van der Waals surface area contributed by atoms with Crippen LogP contribution >= 0.6 is 11.6 Å². The van der Waals surface area contributed by atoms with Gasteiger partial charge >= 0.3 is 0 Å². The van der Waals surface area contributed by atoms with E-state index in [4.69, 9.17) is 11.6 Å². The summed E-state index contributed by atoms with van der Waals surface area (Å²) in [6, 6.07) is 16.9. The topological polar surface area (TPSA) is 12.0 Å². The van der Waals surface area contributed by atoms with Gasteiger partial charge in [-0.15, -0.1) is 0 Å². The minimum Gasteiger partial charge on any atom is -0.379 e. The third kappa shape index (κ3) is 3.77. The van der Waals surface area contributed by atoms with Gasteiger partial charge in [-0.3, -0.25) is 0 Å². The molecule has 2 rings (SSSR count). The number of rotatable bonds is 3. The van der Waals surface area contributed by atoms with Crippen LogP contribution in [0, 0.1) is 0 Å². The van der Waals surface area contributed by atoms with Gasteiger partial charge in [-0.05, 0) is 47.7 Å². The zero-order valence-corrected chi connectivity index (χ0v) is 13.3. The fourth-order valence-corrected chi connectivity index (χ4v) is 2.28. The predicted octanol–water partition coefficient (Wildman–Crippen LogP) is 5.81. The molecule has 0 saturated carbocycles. The number of anilines is 1. The van der Waals surface area contributed by atoms with Crippen LogP contribution in [0.3, 0.4) is 0 Å². The van der Waals surface area contributed by atoms with Crippen molar-refractivity contribution in [1.29, 1.82) is 0 Å². The van der Waals surface area contributed by atoms with Crippen molar-refractivity contribution >= 4 is 17.3 Å². The Morgan fingerprint density at radius 3 is 1.95 bits per heavy atom. The number of hydrogen-bond acceptors (Lipinski definition) is 1. The highest BCUT2D eigenvalue weighted by Gasteiger charge is 2.13. The summed E-state index contributed by atoms with van der Waals surface area (Å²) in [5.74, 6) is 0. The molecule has 0 fully saturated rings. The van der Waals surface area contributed by atoms with Crippen LogP contribution in [0.2, 0.25) is 5.02 Å². The molecule has 1 nitrogen and oxygen atoms in total. The second-order valence-electron chi connectivity index (χ2n) is 6.24. The first-order valence-corrected chi connectivity index (χ1v) is 7.36. The molecule has 0 radical (unpaired) electrons. The molecule has 0 spiro atoms. The smallest absolute Gasteiger partial charge is 0.0485 e. The van der Waals surface area contributed by atoms with Gasteiger partial charge in [0.05, 0.1) is 0 Å². The van der Waals surface area contributed by atoms with Crippen molar-refractivity contribution in [3.63, 3.8) is 0 Å². The summed E-state index contributed by atoms with van der Waals surface area (Å²) in [4.78, 5) is 0. The van der Waals surface area contributed by atoms with Crippen molar-refractivity contribution in [3.05, 3.63) is 64.7 Å². The highest BCUT2D eigenvalue weighted by atomic mass is 35.5. The molecular weight excluding hydrogens is 266 g/mol. The van der Waals surface area contributed by atoms with Crippen LogP contribution in [0.1, 0.15) is 44.9 Å². The highest BCUT2D eigenvalue weighted by Crippen LogP contribution is 2.25. The Morgan fingerprint density at radius 2 is 1.45 bits per heavy atom. The van der Waals surface area contributed by atoms with Gasteiger partial charge < -0.3 is 5.32 Å². The van der Waals surface area contributed by atoms with Crippen molar-refractivity contribution in [2.75, 3.05) is 5.32 Å². The maximum absolute atomic E-state index is 5.92. The highest BCUT2D eigenvalue weighted by molar-refractivity contribution is 6.30. The third-order valence-corrected chi connectivity index (χ3v) is 3.76. The van der Waals surface area contributed by atoms with Crippen LogP contribution in [0.15, 0.2) is 48.5 Å². The lowest BCUT2D eigenvalue weighted by Crippen LogP contribution is -2.11. The summed E-state index contributed by atoms with van der Waals surface area (Å²) in [6.45, 7) is 8.84. The predicted molar refractivity (Wildman–Crippen MR) is 88.6 cm³/mol. The normalized spacial score (nSPS) is 13.1. The van der Waals surface area contributed by atoms with E-state index in [2.05, 4.69) is 69.4 Å². The standard InChI is InChI=1S/C18H22ClN/c1-13(14-5-9-16(19)10-6-14)20-17-11-7-15(8-12-17)18(2,3)4/h5-13,20H,1-4H3. The Bertz CT molecular complexity index is 549. The van der Waals surface area contributed by atoms with Gasteiger partial charge in [0.15, 0.2) is 0 Å². The zero-order valence-electron chi connectivity index (χ0n) is 12.6. The molecule has 0 amide bonds. The lowest BCUT2D eigenvalue weighted by Gasteiger charge is -2.20. The summed E-state index contributed by atoms with van der Waals surface area (Å²) in [5.41, 5.74) is 3.91. The van der Waals surface area contributed by atoms with E-state index >= 15 is 0 Å². The number of halogens is 1. The summed E-state index contributed by atoms with van der Waals surface area (Å²) in [6.07, 6.45) is 0. The molecule has 2 aromatic rings. The van der Waals surface area contributed by atoms with E-state index in [9.17, 15) is 0 Å². The minimum absolute atomic E-state index is 0.195. The molecule has 0 aliphatic rings. The summed E-state index contributed by atoms with van der Waals surface area (Å²) in [7, 11) is 0. The Morgan fingerprint density at radius 1 is 0.900 bits per heavy atom. The second kappa shape index (κ2) is 5.88. The molecule has 0 bridgehead atoms. The van der Waals surface area contributed by atoms with E-state index in [1.807, 2.05) is 12.1 Å². The monoisotopic (exact) mass is 287 g/mol. The quantitative estimate of drug-likeness (QED) is 0.751. The fraction of sp³-hybridized carbons (Fsp3) is 0.333. The average Bonchev–Trinajstić information content (AvgIpc) is 2.39. The van der Waals surface area contributed by atoms with Crippen LogP contribution in [0.25, 0.3) is 0 Å². The first-order chi connectivity index (χ1) is 9.36. The Kier molecular flexibility index (Phi) is 4.39. The molecule has 0 aliphatic carbocycles. The Labute approximate surface area is 127 Å². The Hall–Kier alpha value is -1.47. The molecule has 0 aromatic heterocycles. The molecule has 2 heteroatoms. The van der Waals surface area contributed by atoms with Gasteiger partial charge in [0.2, 0.25) is 0 Å². The number of hydrogen-bond donors (Lipinski definition) is 1. The van der Waals surface area contributed by atoms with Crippen molar-refractivity contribution < 1.29 is 0 Å². The largest absolute Gasteiger partial charge is 0.379 e. The van der Waals surface area contributed by atoms with Crippen LogP contribution in [-0.2, 0) is 5.41 Å². The minimum atomic E-state index is 0.195. The van der Waals surface area contributed by atoms with Crippen molar-refractivity contribution in [1.82, 2.24) is 0 Å². The molecule has 106 valence electrons. The number of benzene rings is 2. The van der Waals surface area contributed by atoms with Gasteiger partial charge in [0, 0.05) is 16.8 Å². The molecule has 2 aromatic carbocycles. The third-order valence-electron chi connectivity index (χ3n) is 3.50. The lowest BCUT2D eigenvalue weighted by molar-refractivity contribution is 0.590. The average molecular weight is 288 g/mol. The fourth-order valence-electron chi connectivity index (χ4n) is 2.15. The van der Waals surface area contributed by atoms with E-state index in [1.165, 1.54) is 11.1 Å². The van der Waals surface area contributed by atoms with Crippen molar-refractivity contribution in [3.8, 4) is 0 Å². The maximum atomic E-state index is 5.92. The second-order valence-corrected chi connectivity index (χ2v) is 6.68. The van der Waals surface area contributed by atoms with Gasteiger partial charge in [-0.2, -0.15) is 0 Å². The van der Waals surface area contributed by atoms with E-state index in [0.717, 1.165) is 10.7 Å². The zero-order chi connectivity index (χ0) is 14.8. The molecule has 0 aliphatic heterocycles. The number of nitrogens with one attached hydrogen (secondary N) is 1. The molecule has 1 atom stereocenters. The molecule has 0 saturated heterocycles. The molecule has 20 heavy (non-hydrogen) atoms. The van der Waals surface area contributed by atoms with E-state index in [1.54, 1.807) is 0 Å². The maximum Gasteiger partial charge on any atom is 0.0485 e. The Balaban J connectivity index is 2.08. The summed E-state index contributed by atoms with van der Waals surface area (Å²) >= 11 is 5.92. The molecule has 1 N–H and O–H groups in total. The van der Waals surface area contributed by atoms with E-state index < -0.39 is 0 Å². The first kappa shape index (κ1) is 14.9. The molecule has 0 heterocycles. The van der Waals surface area contributed by atoms with E-state index in [-0.39, 0.29) is 11.5 Å². The van der Waals surface area contributed by atoms with Crippen LogP contribution < -0.4 is 5.32 Å². The first-order valence-electron chi connectivity index (χ1n) is 6.99. The molecular formula is C18H22ClN. The van der Waals surface area contributed by atoms with Gasteiger partial charge in [-0.1, -0.05) is 56.6 Å². The lowest BCUT2D eigenvalue weighted by atomic mass is 9.87. The van der Waals surface area contributed by atoms with Crippen molar-refractivity contribution in [2.24, 2.45) is 0 Å². The van der Waals surface area contributed by atoms with Crippen molar-refractivity contribution in [2.45, 2.75) is 39.2 Å². The van der Waals surface area contributed by atoms with Gasteiger partial charge in [-0.25, -0.2) is 0 Å². The van der Waals surface area contributed by atoms with Crippen LogP contribution in [-0.4, -0.2) is 0 Å². The SMILES string of the molecule is CC(Nc1ccc(C(C)(C)C)cc1)c1ccc(Cl)cc1. The van der Waals surface area contributed by atoms with Gasteiger partial charge in [0.25, 0.3) is 0 Å². The van der Waals surface area contributed by atoms with Gasteiger partial charge in [0.1, 0.15) is 0 Å². The van der Waals surface area contributed by atoms with Crippen LogP contribution in [0.4, 0.5) is 5.69 Å². The summed E-state index contributed by atoms with van der Waals surface area (Å²) in [5, 5.41) is 4.29.